The number of carbonyl (C=O) groups excluding carboxylic acids is 1. The SMILES string of the molecule is COc1ccc(OC)c(NC(=O)c2ccc3c(=O)n(-c4ccccc4OC)cnc3c2)c1. The van der Waals surface area contributed by atoms with Crippen molar-refractivity contribution >= 4 is 22.5 Å². The van der Waals surface area contributed by atoms with Crippen LogP contribution in [0.3, 0.4) is 0 Å². The molecule has 0 aliphatic carbocycles. The average Bonchev–Trinajstić information content (AvgIpc) is 2.84. The second kappa shape index (κ2) is 8.81. The second-order valence-corrected chi connectivity index (χ2v) is 6.84. The van der Waals surface area contributed by atoms with Gasteiger partial charge < -0.3 is 19.5 Å². The molecule has 0 aliphatic rings. The summed E-state index contributed by atoms with van der Waals surface area (Å²) >= 11 is 0. The number of hydrogen-bond acceptors (Lipinski definition) is 6. The number of methoxy groups -OCH3 is 3. The fraction of sp³-hybridized carbons (Fsp3) is 0.125. The smallest absolute Gasteiger partial charge is 0.265 e. The van der Waals surface area contributed by atoms with Crippen LogP contribution in [0.15, 0.2) is 71.8 Å². The quantitative estimate of drug-likeness (QED) is 0.501. The highest BCUT2D eigenvalue weighted by molar-refractivity contribution is 6.06. The van der Waals surface area contributed by atoms with Crippen LogP contribution in [-0.2, 0) is 0 Å². The molecule has 0 saturated carbocycles. The molecule has 1 N–H and O–H groups in total. The van der Waals surface area contributed by atoms with E-state index in [2.05, 4.69) is 10.3 Å². The highest BCUT2D eigenvalue weighted by Gasteiger charge is 2.14. The Kier molecular flexibility index (Phi) is 5.76. The number of rotatable bonds is 6. The molecule has 0 aliphatic heterocycles. The summed E-state index contributed by atoms with van der Waals surface area (Å²) in [6.07, 6.45) is 1.43. The number of amides is 1. The summed E-state index contributed by atoms with van der Waals surface area (Å²) in [6, 6.07) is 17.0. The summed E-state index contributed by atoms with van der Waals surface area (Å²) in [4.78, 5) is 30.3. The van der Waals surface area contributed by atoms with Crippen LogP contribution in [0, 0.1) is 0 Å². The van der Waals surface area contributed by atoms with E-state index in [9.17, 15) is 9.59 Å². The molecule has 8 nitrogen and oxygen atoms in total. The van der Waals surface area contributed by atoms with E-state index < -0.39 is 0 Å². The maximum Gasteiger partial charge on any atom is 0.265 e. The largest absolute Gasteiger partial charge is 0.497 e. The zero-order chi connectivity index (χ0) is 22.7. The van der Waals surface area contributed by atoms with Gasteiger partial charge in [-0.2, -0.15) is 0 Å². The van der Waals surface area contributed by atoms with E-state index in [1.807, 2.05) is 12.1 Å². The van der Waals surface area contributed by atoms with Crippen LogP contribution in [0.2, 0.25) is 0 Å². The Balaban J connectivity index is 1.69. The molecule has 0 radical (unpaired) electrons. The predicted molar refractivity (Wildman–Crippen MR) is 121 cm³/mol. The van der Waals surface area contributed by atoms with Crippen LogP contribution in [-0.4, -0.2) is 36.8 Å². The first kappa shape index (κ1) is 20.9. The maximum absolute atomic E-state index is 13.1. The molecule has 8 heteroatoms. The fourth-order valence-electron chi connectivity index (χ4n) is 3.37. The summed E-state index contributed by atoms with van der Waals surface area (Å²) < 4.78 is 17.3. The molecule has 32 heavy (non-hydrogen) atoms. The lowest BCUT2D eigenvalue weighted by Crippen LogP contribution is -2.20. The van der Waals surface area contributed by atoms with E-state index in [1.165, 1.54) is 18.0 Å². The van der Waals surface area contributed by atoms with E-state index >= 15 is 0 Å². The molecule has 1 amide bonds. The Hall–Kier alpha value is -4.33. The number of nitrogens with one attached hydrogen (secondary N) is 1. The first-order valence-electron chi connectivity index (χ1n) is 9.74. The molecule has 0 atom stereocenters. The van der Waals surface area contributed by atoms with Gasteiger partial charge in [-0.05, 0) is 42.5 Å². The Morgan fingerprint density at radius 1 is 0.906 bits per heavy atom. The second-order valence-electron chi connectivity index (χ2n) is 6.84. The van der Waals surface area contributed by atoms with Crippen LogP contribution in [0.25, 0.3) is 16.6 Å². The van der Waals surface area contributed by atoms with Gasteiger partial charge in [0, 0.05) is 11.6 Å². The van der Waals surface area contributed by atoms with E-state index in [4.69, 9.17) is 14.2 Å². The van der Waals surface area contributed by atoms with Crippen molar-refractivity contribution in [2.24, 2.45) is 0 Å². The minimum Gasteiger partial charge on any atom is -0.497 e. The van der Waals surface area contributed by atoms with Gasteiger partial charge in [0.05, 0.1) is 43.6 Å². The molecule has 0 unspecified atom stereocenters. The number of nitrogens with zero attached hydrogens (tertiary/aromatic N) is 2. The number of carbonyl (C=O) groups is 1. The molecular weight excluding hydrogens is 410 g/mol. The normalized spacial score (nSPS) is 10.6. The third-order valence-electron chi connectivity index (χ3n) is 5.02. The highest BCUT2D eigenvalue weighted by atomic mass is 16.5. The Morgan fingerprint density at radius 2 is 1.69 bits per heavy atom. The highest BCUT2D eigenvalue weighted by Crippen LogP contribution is 2.29. The van der Waals surface area contributed by atoms with Gasteiger partial charge in [0.25, 0.3) is 11.5 Å². The number of anilines is 1. The van der Waals surface area contributed by atoms with Crippen LogP contribution in [0.5, 0.6) is 17.2 Å². The number of fused-ring (bicyclic) bond motifs is 1. The van der Waals surface area contributed by atoms with Crippen molar-refractivity contribution in [2.45, 2.75) is 0 Å². The molecule has 162 valence electrons. The molecule has 0 spiro atoms. The molecule has 1 aromatic heterocycles. The van der Waals surface area contributed by atoms with Gasteiger partial charge in [0.1, 0.15) is 23.6 Å². The minimum atomic E-state index is -0.367. The van der Waals surface area contributed by atoms with Crippen molar-refractivity contribution in [3.63, 3.8) is 0 Å². The summed E-state index contributed by atoms with van der Waals surface area (Å²) in [5.74, 6) is 1.27. The fourth-order valence-corrected chi connectivity index (χ4v) is 3.37. The Labute approximate surface area is 184 Å². The summed E-state index contributed by atoms with van der Waals surface area (Å²) in [5, 5.41) is 3.20. The van der Waals surface area contributed by atoms with Crippen molar-refractivity contribution in [2.75, 3.05) is 26.6 Å². The average molecular weight is 431 g/mol. The number of para-hydroxylation sites is 2. The standard InChI is InChI=1S/C24H21N3O5/c1-30-16-9-11-21(31-2)19(13-16)26-23(28)15-8-10-17-18(12-15)25-14-27(24(17)29)20-6-4-5-7-22(20)32-3/h4-14H,1-3H3,(H,26,28). The van der Waals surface area contributed by atoms with Crippen molar-refractivity contribution in [1.82, 2.24) is 9.55 Å². The summed E-state index contributed by atoms with van der Waals surface area (Å²) in [6.45, 7) is 0. The lowest BCUT2D eigenvalue weighted by atomic mass is 10.1. The van der Waals surface area contributed by atoms with Crippen LogP contribution >= 0.6 is 0 Å². The van der Waals surface area contributed by atoms with Crippen molar-refractivity contribution in [1.29, 1.82) is 0 Å². The Morgan fingerprint density at radius 3 is 2.44 bits per heavy atom. The lowest BCUT2D eigenvalue weighted by Gasteiger charge is -2.13. The number of ether oxygens (including phenoxy) is 3. The molecule has 0 saturated heterocycles. The first-order chi connectivity index (χ1) is 15.5. The molecule has 4 aromatic rings. The van der Waals surface area contributed by atoms with Gasteiger partial charge in [-0.3, -0.25) is 14.2 Å². The lowest BCUT2D eigenvalue weighted by molar-refractivity contribution is 0.102. The Bertz CT molecular complexity index is 1360. The van der Waals surface area contributed by atoms with E-state index in [0.717, 1.165) is 0 Å². The number of benzene rings is 3. The van der Waals surface area contributed by atoms with E-state index in [-0.39, 0.29) is 11.5 Å². The van der Waals surface area contributed by atoms with Crippen LogP contribution in [0.1, 0.15) is 10.4 Å². The third-order valence-corrected chi connectivity index (χ3v) is 5.02. The van der Waals surface area contributed by atoms with Crippen molar-refractivity contribution in [3.8, 4) is 22.9 Å². The van der Waals surface area contributed by atoms with Gasteiger partial charge in [-0.1, -0.05) is 12.1 Å². The minimum absolute atomic E-state index is 0.263. The topological polar surface area (TPSA) is 91.7 Å². The van der Waals surface area contributed by atoms with Crippen LogP contribution in [0.4, 0.5) is 5.69 Å². The molecule has 0 fully saturated rings. The molecular formula is C24H21N3O5. The zero-order valence-electron chi connectivity index (χ0n) is 17.8. The van der Waals surface area contributed by atoms with Crippen molar-refractivity contribution in [3.05, 3.63) is 82.9 Å². The van der Waals surface area contributed by atoms with Gasteiger partial charge in [-0.25, -0.2) is 4.98 Å². The van der Waals surface area contributed by atoms with E-state index in [0.29, 0.717) is 45.1 Å². The third kappa shape index (κ3) is 3.85. The maximum atomic E-state index is 13.1. The predicted octanol–water partition coefficient (Wildman–Crippen LogP) is 3.66. The summed E-state index contributed by atoms with van der Waals surface area (Å²) in [7, 11) is 4.60. The molecule has 0 bridgehead atoms. The zero-order valence-corrected chi connectivity index (χ0v) is 17.8. The van der Waals surface area contributed by atoms with Gasteiger partial charge in [-0.15, -0.1) is 0 Å². The molecule has 4 rings (SSSR count). The number of hydrogen-bond donors (Lipinski definition) is 1. The van der Waals surface area contributed by atoms with Gasteiger partial charge in [0.2, 0.25) is 0 Å². The number of aromatic nitrogens is 2. The monoisotopic (exact) mass is 431 g/mol. The van der Waals surface area contributed by atoms with E-state index in [1.54, 1.807) is 62.8 Å². The van der Waals surface area contributed by atoms with Crippen LogP contribution < -0.4 is 25.1 Å². The molecule has 3 aromatic carbocycles. The van der Waals surface area contributed by atoms with Gasteiger partial charge >= 0.3 is 0 Å². The van der Waals surface area contributed by atoms with Gasteiger partial charge in [0.15, 0.2) is 0 Å². The molecule has 1 heterocycles. The first-order valence-corrected chi connectivity index (χ1v) is 9.74. The summed E-state index contributed by atoms with van der Waals surface area (Å²) in [5.41, 5.74) is 1.55. The van der Waals surface area contributed by atoms with Crippen molar-refractivity contribution < 1.29 is 19.0 Å².